The second-order valence-corrected chi connectivity index (χ2v) is 6.88. The highest BCUT2D eigenvalue weighted by Gasteiger charge is 2.38. The number of ether oxygens (including phenoxy) is 1. The molecule has 0 aliphatic carbocycles. The van der Waals surface area contributed by atoms with Crippen LogP contribution in [-0.4, -0.2) is 41.2 Å². The second kappa shape index (κ2) is 7.32. The molecule has 5 nitrogen and oxygen atoms in total. The molecule has 2 atom stereocenters. The molecule has 2 aromatic rings. The fraction of sp³-hybridized carbons (Fsp3) is 0.333. The van der Waals surface area contributed by atoms with Crippen LogP contribution in [0.5, 0.6) is 5.88 Å². The van der Waals surface area contributed by atoms with Crippen molar-refractivity contribution in [3.8, 4) is 5.88 Å². The summed E-state index contributed by atoms with van der Waals surface area (Å²) in [4.78, 5) is 18.1. The van der Waals surface area contributed by atoms with Crippen molar-refractivity contribution in [1.29, 1.82) is 0 Å². The van der Waals surface area contributed by atoms with Gasteiger partial charge in [0.25, 0.3) is 0 Å². The van der Waals surface area contributed by atoms with Crippen LogP contribution in [0.3, 0.4) is 0 Å². The van der Waals surface area contributed by atoms with E-state index in [-0.39, 0.29) is 5.92 Å². The topological polar surface area (TPSA) is 62.7 Å². The van der Waals surface area contributed by atoms with E-state index in [0.29, 0.717) is 25.5 Å². The van der Waals surface area contributed by atoms with E-state index in [1.165, 1.54) is 0 Å². The fourth-order valence-electron chi connectivity index (χ4n) is 3.28. The zero-order valence-corrected chi connectivity index (χ0v) is 14.9. The molecule has 24 heavy (non-hydrogen) atoms. The molecule has 1 aliphatic rings. The SMILES string of the molecule is COc1ncccc1CN1C[C@@H](C(=O)O)[C@H](c2ccc(Br)cc2)C1. The van der Waals surface area contributed by atoms with Gasteiger partial charge in [-0.05, 0) is 23.8 Å². The van der Waals surface area contributed by atoms with Gasteiger partial charge in [0.15, 0.2) is 0 Å². The highest BCUT2D eigenvalue weighted by atomic mass is 79.9. The van der Waals surface area contributed by atoms with Gasteiger partial charge in [-0.1, -0.05) is 34.1 Å². The molecule has 1 aromatic carbocycles. The Balaban J connectivity index is 1.80. The van der Waals surface area contributed by atoms with Crippen molar-refractivity contribution in [2.24, 2.45) is 5.92 Å². The maximum atomic E-state index is 11.7. The van der Waals surface area contributed by atoms with Crippen molar-refractivity contribution in [3.63, 3.8) is 0 Å². The summed E-state index contributed by atoms with van der Waals surface area (Å²) in [5.74, 6) is -0.577. The Morgan fingerprint density at radius 1 is 1.33 bits per heavy atom. The molecule has 0 saturated carbocycles. The standard InChI is InChI=1S/C18H19BrN2O3/c1-24-17-13(3-2-8-20-17)9-21-10-15(16(11-21)18(22)23)12-4-6-14(19)7-5-12/h2-8,15-16H,9-11H2,1H3,(H,22,23)/t15-,16+/m0/s1. The first-order valence-corrected chi connectivity index (χ1v) is 8.56. The lowest BCUT2D eigenvalue weighted by Gasteiger charge is -2.17. The first-order valence-electron chi connectivity index (χ1n) is 7.77. The maximum Gasteiger partial charge on any atom is 0.308 e. The molecule has 0 radical (unpaired) electrons. The Bertz CT molecular complexity index is 720. The second-order valence-electron chi connectivity index (χ2n) is 5.97. The molecule has 1 N–H and O–H groups in total. The third-order valence-corrected chi connectivity index (χ3v) is 4.98. The average Bonchev–Trinajstić information content (AvgIpc) is 3.00. The number of aromatic nitrogens is 1. The van der Waals surface area contributed by atoms with E-state index >= 15 is 0 Å². The lowest BCUT2D eigenvalue weighted by atomic mass is 9.89. The summed E-state index contributed by atoms with van der Waals surface area (Å²) in [5, 5.41) is 9.61. The van der Waals surface area contributed by atoms with E-state index in [9.17, 15) is 9.90 Å². The Kier molecular flexibility index (Phi) is 5.16. The summed E-state index contributed by atoms with van der Waals surface area (Å²) in [6, 6.07) is 11.8. The lowest BCUT2D eigenvalue weighted by Crippen LogP contribution is -2.23. The van der Waals surface area contributed by atoms with Crippen molar-refractivity contribution in [2.75, 3.05) is 20.2 Å². The number of carboxylic acids is 1. The Morgan fingerprint density at radius 2 is 2.08 bits per heavy atom. The molecular weight excluding hydrogens is 372 g/mol. The molecule has 3 rings (SSSR count). The zero-order chi connectivity index (χ0) is 17.1. The molecular formula is C18H19BrN2O3. The number of pyridine rings is 1. The van der Waals surface area contributed by atoms with E-state index < -0.39 is 11.9 Å². The van der Waals surface area contributed by atoms with Crippen molar-refractivity contribution in [2.45, 2.75) is 12.5 Å². The minimum atomic E-state index is -0.747. The minimum Gasteiger partial charge on any atom is -0.481 e. The zero-order valence-electron chi connectivity index (χ0n) is 13.4. The number of carboxylic acid groups (broad SMARTS) is 1. The van der Waals surface area contributed by atoms with Crippen LogP contribution in [0.1, 0.15) is 17.0 Å². The summed E-state index contributed by atoms with van der Waals surface area (Å²) in [5.41, 5.74) is 2.03. The third-order valence-electron chi connectivity index (χ3n) is 4.45. The van der Waals surface area contributed by atoms with Crippen LogP contribution < -0.4 is 4.74 Å². The van der Waals surface area contributed by atoms with E-state index in [1.807, 2.05) is 36.4 Å². The number of hydrogen-bond acceptors (Lipinski definition) is 4. The summed E-state index contributed by atoms with van der Waals surface area (Å²) >= 11 is 3.42. The van der Waals surface area contributed by atoms with Crippen LogP contribution in [-0.2, 0) is 11.3 Å². The predicted octanol–water partition coefficient (Wildman–Crippen LogP) is 3.15. The maximum absolute atomic E-state index is 11.7. The van der Waals surface area contributed by atoms with Crippen molar-refractivity contribution >= 4 is 21.9 Å². The summed E-state index contributed by atoms with van der Waals surface area (Å²) in [7, 11) is 1.60. The van der Waals surface area contributed by atoms with Gasteiger partial charge in [-0.3, -0.25) is 9.69 Å². The third kappa shape index (κ3) is 3.60. The molecule has 0 unspecified atom stereocenters. The van der Waals surface area contributed by atoms with Crippen LogP contribution in [0.25, 0.3) is 0 Å². The van der Waals surface area contributed by atoms with Gasteiger partial charge >= 0.3 is 5.97 Å². The number of benzene rings is 1. The highest BCUT2D eigenvalue weighted by Crippen LogP contribution is 2.34. The van der Waals surface area contributed by atoms with E-state index in [0.717, 1.165) is 15.6 Å². The number of nitrogens with zero attached hydrogens (tertiary/aromatic N) is 2. The van der Waals surface area contributed by atoms with Crippen molar-refractivity contribution in [3.05, 3.63) is 58.2 Å². The van der Waals surface area contributed by atoms with Crippen molar-refractivity contribution in [1.82, 2.24) is 9.88 Å². The molecule has 1 fully saturated rings. The largest absolute Gasteiger partial charge is 0.481 e. The van der Waals surface area contributed by atoms with Crippen LogP contribution in [0.2, 0.25) is 0 Å². The van der Waals surface area contributed by atoms with Crippen LogP contribution in [0.4, 0.5) is 0 Å². The molecule has 126 valence electrons. The number of likely N-dealkylation sites (tertiary alicyclic amines) is 1. The molecule has 0 spiro atoms. The Morgan fingerprint density at radius 3 is 2.75 bits per heavy atom. The Labute approximate surface area is 149 Å². The molecule has 0 bridgehead atoms. The number of carbonyl (C=O) groups is 1. The smallest absolute Gasteiger partial charge is 0.308 e. The van der Waals surface area contributed by atoms with Gasteiger partial charge < -0.3 is 9.84 Å². The fourth-order valence-corrected chi connectivity index (χ4v) is 3.55. The first kappa shape index (κ1) is 16.9. The molecule has 1 aliphatic heterocycles. The van der Waals surface area contributed by atoms with Gasteiger partial charge in [0, 0.05) is 41.8 Å². The molecule has 2 heterocycles. The molecule has 6 heteroatoms. The van der Waals surface area contributed by atoms with Gasteiger partial charge in [0.05, 0.1) is 13.0 Å². The van der Waals surface area contributed by atoms with Crippen molar-refractivity contribution < 1.29 is 14.6 Å². The molecule has 1 aromatic heterocycles. The minimum absolute atomic E-state index is 0.0155. The quantitative estimate of drug-likeness (QED) is 0.849. The van der Waals surface area contributed by atoms with Gasteiger partial charge in [-0.15, -0.1) is 0 Å². The molecule has 0 amide bonds. The predicted molar refractivity (Wildman–Crippen MR) is 94.1 cm³/mol. The number of aliphatic carboxylic acids is 1. The summed E-state index contributed by atoms with van der Waals surface area (Å²) in [6.07, 6.45) is 1.69. The van der Waals surface area contributed by atoms with Gasteiger partial charge in [-0.25, -0.2) is 4.98 Å². The normalized spacial score (nSPS) is 20.9. The number of methoxy groups -OCH3 is 1. The summed E-state index contributed by atoms with van der Waals surface area (Å²) < 4.78 is 6.29. The molecule has 1 saturated heterocycles. The van der Waals surface area contributed by atoms with E-state index in [1.54, 1.807) is 13.3 Å². The summed E-state index contributed by atoms with van der Waals surface area (Å²) in [6.45, 7) is 1.86. The first-order chi connectivity index (χ1) is 11.6. The van der Waals surface area contributed by atoms with Gasteiger partial charge in [0.1, 0.15) is 0 Å². The number of hydrogen-bond donors (Lipinski definition) is 1. The van der Waals surface area contributed by atoms with Gasteiger partial charge in [0.2, 0.25) is 5.88 Å². The van der Waals surface area contributed by atoms with E-state index in [2.05, 4.69) is 25.8 Å². The highest BCUT2D eigenvalue weighted by molar-refractivity contribution is 9.10. The monoisotopic (exact) mass is 390 g/mol. The lowest BCUT2D eigenvalue weighted by molar-refractivity contribution is -0.141. The average molecular weight is 391 g/mol. The number of rotatable bonds is 5. The van der Waals surface area contributed by atoms with Crippen LogP contribution in [0.15, 0.2) is 47.1 Å². The van der Waals surface area contributed by atoms with Crippen LogP contribution >= 0.6 is 15.9 Å². The van der Waals surface area contributed by atoms with Gasteiger partial charge in [-0.2, -0.15) is 0 Å². The van der Waals surface area contributed by atoms with E-state index in [4.69, 9.17) is 4.74 Å². The van der Waals surface area contributed by atoms with Crippen LogP contribution in [0, 0.1) is 5.92 Å². The number of halogens is 1. The Hall–Kier alpha value is -1.92.